The molecule has 0 spiro atoms. The number of rotatable bonds is 10. The summed E-state index contributed by atoms with van der Waals surface area (Å²) in [6.45, 7) is 10.2. The molecule has 5 nitrogen and oxygen atoms in total. The predicted octanol–water partition coefficient (Wildman–Crippen LogP) is 6.51. The highest BCUT2D eigenvalue weighted by molar-refractivity contribution is 9.10. The minimum Gasteiger partial charge on any atom is -0.484 e. The van der Waals surface area contributed by atoms with E-state index in [0.29, 0.717) is 18.1 Å². The van der Waals surface area contributed by atoms with E-state index in [-0.39, 0.29) is 25.0 Å². The summed E-state index contributed by atoms with van der Waals surface area (Å²) >= 11 is 3.47. The van der Waals surface area contributed by atoms with Crippen molar-refractivity contribution < 1.29 is 14.3 Å². The summed E-state index contributed by atoms with van der Waals surface area (Å²) in [7, 11) is 0. The third-order valence-corrected chi connectivity index (χ3v) is 6.47. The lowest BCUT2D eigenvalue weighted by Crippen LogP contribution is -2.55. The van der Waals surface area contributed by atoms with Crippen LogP contribution in [0.3, 0.4) is 0 Å². The van der Waals surface area contributed by atoms with Crippen LogP contribution < -0.4 is 10.1 Å². The number of amides is 2. The summed E-state index contributed by atoms with van der Waals surface area (Å²) < 4.78 is 6.84. The van der Waals surface area contributed by atoms with Crippen LogP contribution in [0.1, 0.15) is 57.2 Å². The van der Waals surface area contributed by atoms with Crippen molar-refractivity contribution >= 4 is 27.7 Å². The van der Waals surface area contributed by atoms with Gasteiger partial charge in [-0.2, -0.15) is 0 Å². The van der Waals surface area contributed by atoms with E-state index in [1.165, 1.54) is 5.56 Å². The second kappa shape index (κ2) is 12.9. The number of hydrogen-bond donors (Lipinski definition) is 1. The summed E-state index contributed by atoms with van der Waals surface area (Å²) in [6, 6.07) is 24.7. The molecule has 3 aromatic rings. The Hall–Kier alpha value is -3.12. The number of nitrogens with one attached hydrogen (secondary N) is 1. The molecular formula is C31H37BrN2O3. The van der Waals surface area contributed by atoms with Crippen LogP contribution in [0.4, 0.5) is 0 Å². The minimum absolute atomic E-state index is 0.161. The Bertz CT molecular complexity index is 1150. The molecule has 0 saturated heterocycles. The first-order chi connectivity index (χ1) is 17.5. The van der Waals surface area contributed by atoms with Crippen LogP contribution in [0, 0.1) is 0 Å². The van der Waals surface area contributed by atoms with Crippen molar-refractivity contribution in [1.82, 2.24) is 10.2 Å². The van der Waals surface area contributed by atoms with Gasteiger partial charge >= 0.3 is 0 Å². The third kappa shape index (κ3) is 9.04. The van der Waals surface area contributed by atoms with Crippen molar-refractivity contribution in [2.24, 2.45) is 0 Å². The van der Waals surface area contributed by atoms with Gasteiger partial charge in [-0.25, -0.2) is 0 Å². The van der Waals surface area contributed by atoms with Crippen molar-refractivity contribution in [3.05, 3.63) is 100 Å². The zero-order chi connectivity index (χ0) is 27.0. The monoisotopic (exact) mass is 564 g/mol. The van der Waals surface area contributed by atoms with Gasteiger partial charge in [-0.3, -0.25) is 9.59 Å². The average molecular weight is 566 g/mol. The molecule has 0 aromatic heterocycles. The van der Waals surface area contributed by atoms with Gasteiger partial charge in [0.1, 0.15) is 11.8 Å². The Morgan fingerprint density at radius 3 is 2.08 bits per heavy atom. The number of nitrogens with zero attached hydrogens (tertiary/aromatic N) is 1. The fourth-order valence-corrected chi connectivity index (χ4v) is 4.23. The van der Waals surface area contributed by atoms with E-state index >= 15 is 0 Å². The van der Waals surface area contributed by atoms with Crippen molar-refractivity contribution in [1.29, 1.82) is 0 Å². The lowest BCUT2D eigenvalue weighted by molar-refractivity contribution is -0.143. The highest BCUT2D eigenvalue weighted by Crippen LogP contribution is 2.21. The number of carbonyl (C=O) groups is 2. The second-order valence-electron chi connectivity index (χ2n) is 10.6. The van der Waals surface area contributed by atoms with Crippen LogP contribution in [0.15, 0.2) is 83.3 Å². The maximum absolute atomic E-state index is 13.7. The standard InChI is InChI=1S/C31H37BrN2O3/c1-22(2)25-13-17-27(18-14-25)37-21-29(35)34(20-24-11-15-26(32)16-12-24)28(30(36)33-31(3,4)5)19-23-9-7-6-8-10-23/h6-18,22,28H,19-21H2,1-5H3,(H,33,36)/t28-/m1/s1. The van der Waals surface area contributed by atoms with Crippen LogP contribution in [0.5, 0.6) is 5.75 Å². The molecule has 0 fully saturated rings. The van der Waals surface area contributed by atoms with Gasteiger partial charge in [0.05, 0.1) is 0 Å². The number of benzene rings is 3. The molecule has 6 heteroatoms. The maximum atomic E-state index is 13.7. The van der Waals surface area contributed by atoms with Gasteiger partial charge in [0, 0.05) is 23.0 Å². The van der Waals surface area contributed by atoms with Gasteiger partial charge in [0.2, 0.25) is 5.91 Å². The Balaban J connectivity index is 1.89. The summed E-state index contributed by atoms with van der Waals surface area (Å²) in [5.74, 6) is 0.598. The van der Waals surface area contributed by atoms with E-state index in [9.17, 15) is 9.59 Å². The predicted molar refractivity (Wildman–Crippen MR) is 153 cm³/mol. The molecule has 1 atom stereocenters. The van der Waals surface area contributed by atoms with Gasteiger partial charge in [-0.05, 0) is 67.6 Å². The quantitative estimate of drug-likeness (QED) is 0.305. The van der Waals surface area contributed by atoms with Gasteiger partial charge in [-0.1, -0.05) is 84.4 Å². The minimum atomic E-state index is -0.704. The van der Waals surface area contributed by atoms with Crippen LogP contribution in [-0.4, -0.2) is 34.9 Å². The first-order valence-corrected chi connectivity index (χ1v) is 13.4. The molecule has 0 aliphatic carbocycles. The lowest BCUT2D eigenvalue weighted by Gasteiger charge is -2.33. The van der Waals surface area contributed by atoms with E-state index in [2.05, 4.69) is 35.1 Å². The van der Waals surface area contributed by atoms with Crippen molar-refractivity contribution in [3.8, 4) is 5.75 Å². The molecule has 0 aliphatic rings. The van der Waals surface area contributed by atoms with E-state index in [1.54, 1.807) is 4.90 Å². The van der Waals surface area contributed by atoms with E-state index in [1.807, 2.05) is 99.6 Å². The Kier molecular flexibility index (Phi) is 9.93. The van der Waals surface area contributed by atoms with Crippen molar-refractivity contribution in [2.75, 3.05) is 6.61 Å². The Morgan fingerprint density at radius 1 is 0.892 bits per heavy atom. The summed E-state index contributed by atoms with van der Waals surface area (Å²) in [4.78, 5) is 28.9. The maximum Gasteiger partial charge on any atom is 0.261 e. The third-order valence-electron chi connectivity index (χ3n) is 5.94. The Morgan fingerprint density at radius 2 is 1.51 bits per heavy atom. The largest absolute Gasteiger partial charge is 0.484 e. The molecule has 1 N–H and O–H groups in total. The highest BCUT2D eigenvalue weighted by atomic mass is 79.9. The number of hydrogen-bond acceptors (Lipinski definition) is 3. The summed E-state index contributed by atoms with van der Waals surface area (Å²) in [5, 5.41) is 3.08. The molecule has 196 valence electrons. The zero-order valence-corrected chi connectivity index (χ0v) is 23.9. The molecule has 0 radical (unpaired) electrons. The van der Waals surface area contributed by atoms with Crippen LogP contribution in [0.2, 0.25) is 0 Å². The summed E-state index contributed by atoms with van der Waals surface area (Å²) in [5.41, 5.74) is 2.68. The zero-order valence-electron chi connectivity index (χ0n) is 22.3. The van der Waals surface area contributed by atoms with Crippen molar-refractivity contribution in [3.63, 3.8) is 0 Å². The van der Waals surface area contributed by atoms with Gasteiger partial charge in [-0.15, -0.1) is 0 Å². The molecule has 0 saturated carbocycles. The summed E-state index contributed by atoms with van der Waals surface area (Å²) in [6.07, 6.45) is 0.397. The molecule has 3 aromatic carbocycles. The lowest BCUT2D eigenvalue weighted by atomic mass is 10.0. The number of carbonyl (C=O) groups excluding carboxylic acids is 2. The van der Waals surface area contributed by atoms with Gasteiger partial charge < -0.3 is 15.0 Å². The SMILES string of the molecule is CC(C)c1ccc(OCC(=O)N(Cc2ccc(Br)cc2)[C@H](Cc2ccccc2)C(=O)NC(C)(C)C)cc1. The molecule has 3 rings (SSSR count). The molecule has 0 unspecified atom stereocenters. The highest BCUT2D eigenvalue weighted by Gasteiger charge is 2.32. The first kappa shape index (κ1) is 28.5. The topological polar surface area (TPSA) is 58.6 Å². The van der Waals surface area contributed by atoms with Crippen LogP contribution >= 0.6 is 15.9 Å². The van der Waals surface area contributed by atoms with Crippen molar-refractivity contribution in [2.45, 2.75) is 65.1 Å². The first-order valence-electron chi connectivity index (χ1n) is 12.6. The molecule has 0 heterocycles. The van der Waals surface area contributed by atoms with Crippen LogP contribution in [0.25, 0.3) is 0 Å². The molecule has 0 aliphatic heterocycles. The van der Waals surface area contributed by atoms with E-state index in [4.69, 9.17) is 4.74 Å². The molecule has 37 heavy (non-hydrogen) atoms. The fraction of sp³-hybridized carbons (Fsp3) is 0.355. The average Bonchev–Trinajstić information content (AvgIpc) is 2.85. The second-order valence-corrected chi connectivity index (χ2v) is 11.5. The number of halogens is 1. The Labute approximate surface area is 229 Å². The van der Waals surface area contributed by atoms with E-state index < -0.39 is 11.6 Å². The van der Waals surface area contributed by atoms with Gasteiger partial charge in [0.25, 0.3) is 5.91 Å². The number of ether oxygens (including phenoxy) is 1. The van der Waals surface area contributed by atoms with Gasteiger partial charge in [0.15, 0.2) is 6.61 Å². The van der Waals surface area contributed by atoms with Crippen LogP contribution in [-0.2, 0) is 22.6 Å². The molecule has 0 bridgehead atoms. The fourth-order valence-electron chi connectivity index (χ4n) is 3.97. The molecule has 2 amide bonds. The molecular weight excluding hydrogens is 528 g/mol. The normalized spacial score (nSPS) is 12.2. The smallest absolute Gasteiger partial charge is 0.261 e. The van der Waals surface area contributed by atoms with E-state index in [0.717, 1.165) is 15.6 Å².